The number of aromatic amines is 1. The number of esters is 1. The van der Waals surface area contributed by atoms with Gasteiger partial charge < -0.3 is 15.4 Å². The fourth-order valence-electron chi connectivity index (χ4n) is 3.64. The van der Waals surface area contributed by atoms with Crippen LogP contribution in [0.1, 0.15) is 45.6 Å². The van der Waals surface area contributed by atoms with Gasteiger partial charge in [0.25, 0.3) is 5.56 Å². The first kappa shape index (κ1) is 26.8. The Hall–Kier alpha value is -3.40. The molecule has 10 nitrogen and oxygen atoms in total. The second-order valence-electron chi connectivity index (χ2n) is 7.98. The average Bonchev–Trinajstić information content (AvgIpc) is 2.79. The molecule has 0 fully saturated rings. The van der Waals surface area contributed by atoms with E-state index in [0.29, 0.717) is 25.9 Å². The highest BCUT2D eigenvalue weighted by Crippen LogP contribution is 2.19. The van der Waals surface area contributed by atoms with Crippen molar-refractivity contribution in [1.82, 2.24) is 14.5 Å². The Bertz CT molecular complexity index is 1060. The molecule has 10 heteroatoms. The number of aromatic nitrogens is 2. The molecule has 2 rings (SSSR count). The average molecular weight is 474 g/mol. The van der Waals surface area contributed by atoms with Crippen LogP contribution in [-0.2, 0) is 27.4 Å². The third-order valence-corrected chi connectivity index (χ3v) is 5.23. The third-order valence-electron chi connectivity index (χ3n) is 5.23. The highest BCUT2D eigenvalue weighted by Gasteiger charge is 2.26. The summed E-state index contributed by atoms with van der Waals surface area (Å²) in [6.45, 7) is 6.49. The molecular formula is C24H35N5O5. The lowest BCUT2D eigenvalue weighted by Crippen LogP contribution is -2.46. The fraction of sp³-hybridized carbons (Fsp3) is 0.500. The van der Waals surface area contributed by atoms with Crippen molar-refractivity contribution in [1.29, 1.82) is 0 Å². The number of ether oxygens (including phenoxy) is 1. The number of nitrogens with one attached hydrogen (secondary N) is 1. The quantitative estimate of drug-likeness (QED) is 0.424. The molecule has 0 aliphatic rings. The summed E-state index contributed by atoms with van der Waals surface area (Å²) in [6.07, 6.45) is 2.05. The van der Waals surface area contributed by atoms with Crippen LogP contribution in [0.15, 0.2) is 39.9 Å². The second kappa shape index (κ2) is 13.3. The summed E-state index contributed by atoms with van der Waals surface area (Å²) in [5.41, 5.74) is 5.79. The Labute approximate surface area is 199 Å². The zero-order valence-electron chi connectivity index (χ0n) is 20.2. The van der Waals surface area contributed by atoms with Crippen molar-refractivity contribution in [2.24, 2.45) is 0 Å². The lowest BCUT2D eigenvalue weighted by atomic mass is 10.2. The van der Waals surface area contributed by atoms with Gasteiger partial charge in [-0.15, -0.1) is 0 Å². The standard InChI is InChI=1S/C24H35N5O5/c1-4-7-14-28(21-22(25)29(13-5-2)24(33)26-23(21)32)19(30)16-27(17-20(31)34-6-3)15-18-11-9-8-10-12-18/h8-12H,4-7,13-17,25H2,1-3H3,(H,26,32,33). The van der Waals surface area contributed by atoms with E-state index in [9.17, 15) is 19.2 Å². The molecule has 0 aliphatic heterocycles. The molecule has 34 heavy (non-hydrogen) atoms. The molecule has 186 valence electrons. The number of H-pyrrole nitrogens is 1. The highest BCUT2D eigenvalue weighted by atomic mass is 16.5. The second-order valence-corrected chi connectivity index (χ2v) is 7.98. The van der Waals surface area contributed by atoms with E-state index in [2.05, 4.69) is 4.98 Å². The summed E-state index contributed by atoms with van der Waals surface area (Å²) >= 11 is 0. The topological polar surface area (TPSA) is 131 Å². The molecule has 1 aromatic heterocycles. The van der Waals surface area contributed by atoms with Crippen molar-refractivity contribution in [3.8, 4) is 0 Å². The molecule has 2 aromatic rings. The smallest absolute Gasteiger partial charge is 0.330 e. The van der Waals surface area contributed by atoms with Crippen LogP contribution in [-0.4, -0.2) is 52.6 Å². The molecule has 0 atom stereocenters. The number of amides is 1. The lowest BCUT2D eigenvalue weighted by molar-refractivity contribution is -0.144. The Kier molecular flexibility index (Phi) is 10.5. The normalized spacial score (nSPS) is 10.9. The monoisotopic (exact) mass is 473 g/mol. The third kappa shape index (κ3) is 7.31. The number of anilines is 2. The van der Waals surface area contributed by atoms with Crippen molar-refractivity contribution in [3.63, 3.8) is 0 Å². The van der Waals surface area contributed by atoms with Gasteiger partial charge in [0.2, 0.25) is 5.91 Å². The minimum absolute atomic E-state index is 0.0395. The van der Waals surface area contributed by atoms with Gasteiger partial charge in [-0.1, -0.05) is 50.6 Å². The fourth-order valence-corrected chi connectivity index (χ4v) is 3.64. The van der Waals surface area contributed by atoms with Crippen LogP contribution < -0.4 is 21.9 Å². The van der Waals surface area contributed by atoms with Crippen molar-refractivity contribution in [2.45, 2.75) is 53.1 Å². The number of hydrogen-bond donors (Lipinski definition) is 2. The Morgan fingerprint density at radius 1 is 1.06 bits per heavy atom. The predicted octanol–water partition coefficient (Wildman–Crippen LogP) is 1.73. The maximum Gasteiger partial charge on any atom is 0.330 e. The van der Waals surface area contributed by atoms with Gasteiger partial charge in [-0.05, 0) is 25.3 Å². The zero-order valence-corrected chi connectivity index (χ0v) is 20.2. The van der Waals surface area contributed by atoms with E-state index in [1.54, 1.807) is 11.8 Å². The van der Waals surface area contributed by atoms with Crippen molar-refractivity contribution in [2.75, 3.05) is 36.9 Å². The van der Waals surface area contributed by atoms with E-state index in [1.165, 1.54) is 9.47 Å². The van der Waals surface area contributed by atoms with Gasteiger partial charge in [0, 0.05) is 19.6 Å². The molecule has 0 saturated carbocycles. The number of unbranched alkanes of at least 4 members (excludes halogenated alkanes) is 1. The minimum Gasteiger partial charge on any atom is -0.465 e. The summed E-state index contributed by atoms with van der Waals surface area (Å²) in [4.78, 5) is 55.9. The maximum absolute atomic E-state index is 13.5. The Balaban J connectivity index is 2.40. The SMILES string of the molecule is CCCCN(C(=O)CN(CC(=O)OCC)Cc1ccccc1)c1c(N)n(CCC)c(=O)[nH]c1=O. The van der Waals surface area contributed by atoms with Crippen LogP contribution in [0.2, 0.25) is 0 Å². The number of carbonyl (C=O) groups is 2. The number of carbonyl (C=O) groups excluding carboxylic acids is 2. The number of rotatable bonds is 13. The van der Waals surface area contributed by atoms with Gasteiger partial charge in [0.1, 0.15) is 5.82 Å². The molecule has 0 spiro atoms. The van der Waals surface area contributed by atoms with E-state index < -0.39 is 23.1 Å². The summed E-state index contributed by atoms with van der Waals surface area (Å²) in [6, 6.07) is 9.45. The number of benzene rings is 1. The molecule has 0 radical (unpaired) electrons. The minimum atomic E-state index is -0.709. The van der Waals surface area contributed by atoms with Crippen molar-refractivity contribution >= 4 is 23.4 Å². The van der Waals surface area contributed by atoms with Crippen LogP contribution in [0.5, 0.6) is 0 Å². The van der Waals surface area contributed by atoms with Gasteiger partial charge in [-0.2, -0.15) is 0 Å². The first-order valence-electron chi connectivity index (χ1n) is 11.7. The largest absolute Gasteiger partial charge is 0.465 e. The van der Waals surface area contributed by atoms with Crippen molar-refractivity contribution in [3.05, 3.63) is 56.7 Å². The molecule has 0 bridgehead atoms. The summed E-state index contributed by atoms with van der Waals surface area (Å²) < 4.78 is 6.34. The molecule has 0 saturated heterocycles. The van der Waals surface area contributed by atoms with Gasteiger partial charge in [0.15, 0.2) is 5.69 Å². The zero-order chi connectivity index (χ0) is 25.1. The molecule has 0 unspecified atom stereocenters. The maximum atomic E-state index is 13.5. The van der Waals surface area contributed by atoms with E-state index >= 15 is 0 Å². The van der Waals surface area contributed by atoms with E-state index in [0.717, 1.165) is 12.0 Å². The summed E-state index contributed by atoms with van der Waals surface area (Å²) in [7, 11) is 0. The molecule has 0 aliphatic carbocycles. The van der Waals surface area contributed by atoms with Crippen LogP contribution >= 0.6 is 0 Å². The summed E-state index contributed by atoms with van der Waals surface area (Å²) in [5, 5.41) is 0. The van der Waals surface area contributed by atoms with Crippen molar-refractivity contribution < 1.29 is 14.3 Å². The summed E-state index contributed by atoms with van der Waals surface area (Å²) in [5.74, 6) is -0.882. The number of hydrogen-bond acceptors (Lipinski definition) is 7. The molecule has 1 aromatic carbocycles. The molecule has 3 N–H and O–H groups in total. The van der Waals surface area contributed by atoms with Crippen LogP contribution in [0.25, 0.3) is 0 Å². The first-order valence-corrected chi connectivity index (χ1v) is 11.7. The predicted molar refractivity (Wildman–Crippen MR) is 132 cm³/mol. The van der Waals surface area contributed by atoms with E-state index in [1.807, 2.05) is 44.2 Å². The van der Waals surface area contributed by atoms with Gasteiger partial charge >= 0.3 is 11.7 Å². The number of nitrogens with zero attached hydrogens (tertiary/aromatic N) is 3. The van der Waals surface area contributed by atoms with E-state index in [-0.39, 0.29) is 37.7 Å². The molecule has 1 amide bonds. The van der Waals surface area contributed by atoms with E-state index in [4.69, 9.17) is 10.5 Å². The van der Waals surface area contributed by atoms with Gasteiger partial charge in [-0.25, -0.2) is 4.79 Å². The first-order chi connectivity index (χ1) is 16.3. The van der Waals surface area contributed by atoms with Crippen LogP contribution in [0.3, 0.4) is 0 Å². The van der Waals surface area contributed by atoms with Crippen LogP contribution in [0, 0.1) is 0 Å². The Morgan fingerprint density at radius 2 is 1.76 bits per heavy atom. The Morgan fingerprint density at radius 3 is 2.38 bits per heavy atom. The number of nitrogens with two attached hydrogens (primary N) is 1. The molecule has 1 heterocycles. The van der Waals surface area contributed by atoms with Gasteiger partial charge in [-0.3, -0.25) is 28.8 Å². The highest BCUT2D eigenvalue weighted by molar-refractivity contribution is 5.97. The molecular weight excluding hydrogens is 438 g/mol. The lowest BCUT2D eigenvalue weighted by Gasteiger charge is -2.28. The number of nitrogen functional groups attached to an aromatic ring is 1. The van der Waals surface area contributed by atoms with Crippen LogP contribution in [0.4, 0.5) is 11.5 Å². The van der Waals surface area contributed by atoms with Gasteiger partial charge in [0.05, 0.1) is 19.7 Å².